The molecule has 0 aromatic heterocycles. The van der Waals surface area contributed by atoms with Crippen LogP contribution in [0, 0.1) is 0 Å². The van der Waals surface area contributed by atoms with Gasteiger partial charge in [-0.05, 0) is 16.7 Å². The molecule has 1 N–H and O–H groups in total. The van der Waals surface area contributed by atoms with E-state index in [9.17, 15) is 9.36 Å². The Hall–Kier alpha value is -1.45. The van der Waals surface area contributed by atoms with Crippen LogP contribution in [0.2, 0.25) is 0 Å². The molecule has 1 atom stereocenters. The maximum Gasteiger partial charge on any atom is 0.513 e. The Balaban J connectivity index is 3.17. The van der Waals surface area contributed by atoms with Crippen molar-refractivity contribution < 1.29 is 23.7 Å². The van der Waals surface area contributed by atoms with Gasteiger partial charge in [-0.2, -0.15) is 4.89 Å². The van der Waals surface area contributed by atoms with Crippen LogP contribution in [-0.4, -0.2) is 31.1 Å². The van der Waals surface area contributed by atoms with Gasteiger partial charge in [0.25, 0.3) is 0 Å². The molecule has 0 saturated heterocycles. The predicted molar refractivity (Wildman–Crippen MR) is 58.6 cm³/mol. The predicted octanol–water partition coefficient (Wildman–Crippen LogP) is 1.62. The highest BCUT2D eigenvalue weighted by Gasteiger charge is 2.25. The zero-order chi connectivity index (χ0) is 12.1. The number of ether oxygens (including phenoxy) is 2. The van der Waals surface area contributed by atoms with Crippen LogP contribution < -0.4 is 9.47 Å². The summed E-state index contributed by atoms with van der Waals surface area (Å²) in [5.74, 6) is 0.195. The number of hydrogen-bond acceptors (Lipinski definition) is 4. The first-order valence-corrected chi connectivity index (χ1v) is 5.87. The van der Waals surface area contributed by atoms with Crippen LogP contribution in [-0.2, 0) is 4.57 Å². The van der Waals surface area contributed by atoms with Crippen molar-refractivity contribution >= 4 is 13.8 Å². The number of carbonyl (C=O) groups is 1. The normalized spacial score (nSPS) is 10.8. The maximum atomic E-state index is 11.7. The molecule has 1 unspecified atom stereocenters. The summed E-state index contributed by atoms with van der Waals surface area (Å²) in [4.78, 5) is 20.4. The number of ketones is 1. The van der Waals surface area contributed by atoms with Gasteiger partial charge in [0, 0.05) is 0 Å². The highest BCUT2D eigenvalue weighted by atomic mass is 31.1. The van der Waals surface area contributed by atoms with E-state index >= 15 is 0 Å². The topological polar surface area (TPSA) is 72.8 Å². The molecule has 0 aliphatic carbocycles. The van der Waals surface area contributed by atoms with Crippen LogP contribution in [0.4, 0.5) is 0 Å². The van der Waals surface area contributed by atoms with Crippen LogP contribution in [0.3, 0.4) is 0 Å². The molecule has 0 bridgehead atoms. The number of carbonyl (C=O) groups excluding carboxylic acids is 1. The average Bonchev–Trinajstić information content (AvgIpc) is 2.26. The van der Waals surface area contributed by atoms with E-state index in [1.165, 1.54) is 14.2 Å². The summed E-state index contributed by atoms with van der Waals surface area (Å²) in [5, 5.41) is 0. The molecule has 0 spiro atoms. The van der Waals surface area contributed by atoms with E-state index in [2.05, 4.69) is 0 Å². The lowest BCUT2D eigenvalue weighted by Gasteiger charge is -2.09. The number of rotatable bonds is 5. The molecule has 0 amide bonds. The van der Waals surface area contributed by atoms with Crippen molar-refractivity contribution in [1.29, 1.82) is 0 Å². The fraction of sp³-hybridized carbons (Fsp3) is 0.300. The Bertz CT molecular complexity index is 393. The molecular weight excluding hydrogens is 231 g/mol. The zero-order valence-electron chi connectivity index (χ0n) is 8.97. The van der Waals surface area contributed by atoms with Gasteiger partial charge in [0.15, 0.2) is 0 Å². The van der Waals surface area contributed by atoms with E-state index in [1.807, 2.05) is 0 Å². The second-order valence-corrected chi connectivity index (χ2v) is 3.99. The van der Waals surface area contributed by atoms with Crippen molar-refractivity contribution in [3.05, 3.63) is 23.8 Å². The largest absolute Gasteiger partial charge is 0.513 e. The SMILES string of the molecule is COc1cccc(OC)c1C(=O)C[P+](=O)O. The van der Waals surface area contributed by atoms with Crippen LogP contribution in [0.15, 0.2) is 18.2 Å². The summed E-state index contributed by atoms with van der Waals surface area (Å²) in [7, 11) is 0.333. The molecule has 0 fully saturated rings. The highest BCUT2D eigenvalue weighted by molar-refractivity contribution is 7.39. The second-order valence-electron chi connectivity index (χ2n) is 2.97. The van der Waals surface area contributed by atoms with Crippen LogP contribution in [0.1, 0.15) is 10.4 Å². The molecular formula is C10H12O5P+. The number of methoxy groups -OCH3 is 2. The minimum absolute atomic E-state index is 0.199. The molecule has 0 saturated carbocycles. The monoisotopic (exact) mass is 243 g/mol. The van der Waals surface area contributed by atoms with E-state index in [4.69, 9.17) is 14.4 Å². The maximum absolute atomic E-state index is 11.7. The van der Waals surface area contributed by atoms with Gasteiger partial charge in [0.05, 0.1) is 14.2 Å². The van der Waals surface area contributed by atoms with E-state index in [0.29, 0.717) is 11.5 Å². The Morgan fingerprint density at radius 2 is 1.81 bits per heavy atom. The van der Waals surface area contributed by atoms with Gasteiger partial charge in [-0.3, -0.25) is 4.79 Å². The lowest BCUT2D eigenvalue weighted by atomic mass is 10.1. The van der Waals surface area contributed by atoms with Gasteiger partial charge in [-0.25, -0.2) is 0 Å². The van der Waals surface area contributed by atoms with Gasteiger partial charge in [-0.15, -0.1) is 0 Å². The van der Waals surface area contributed by atoms with Crippen molar-refractivity contribution in [2.45, 2.75) is 0 Å². The molecule has 0 aliphatic rings. The van der Waals surface area contributed by atoms with Crippen LogP contribution in [0.25, 0.3) is 0 Å². The van der Waals surface area contributed by atoms with Crippen molar-refractivity contribution in [2.24, 2.45) is 0 Å². The molecule has 0 heterocycles. The van der Waals surface area contributed by atoms with Crippen molar-refractivity contribution in [3.63, 3.8) is 0 Å². The minimum atomic E-state index is -2.51. The Morgan fingerprint density at radius 1 is 1.31 bits per heavy atom. The quantitative estimate of drug-likeness (QED) is 0.628. The lowest BCUT2D eigenvalue weighted by molar-refractivity contribution is 0.101. The third-order valence-corrected chi connectivity index (χ3v) is 2.54. The Morgan fingerprint density at radius 3 is 2.19 bits per heavy atom. The average molecular weight is 243 g/mol. The number of hydrogen-bond donors (Lipinski definition) is 1. The molecule has 1 rings (SSSR count). The van der Waals surface area contributed by atoms with Gasteiger partial charge in [0.2, 0.25) is 11.9 Å². The van der Waals surface area contributed by atoms with Crippen LogP contribution in [0.5, 0.6) is 11.5 Å². The lowest BCUT2D eigenvalue weighted by Crippen LogP contribution is -2.07. The third-order valence-electron chi connectivity index (χ3n) is 1.99. The summed E-state index contributed by atoms with van der Waals surface area (Å²) in [6.07, 6.45) is -0.438. The summed E-state index contributed by atoms with van der Waals surface area (Å²) >= 11 is 0. The molecule has 5 nitrogen and oxygen atoms in total. The van der Waals surface area contributed by atoms with Crippen LogP contribution >= 0.6 is 8.03 Å². The van der Waals surface area contributed by atoms with Gasteiger partial charge in [0.1, 0.15) is 17.1 Å². The standard InChI is InChI=1S/C10H11O5P/c1-14-8-4-3-5-9(15-2)10(8)7(11)6-16(12)13/h3-5H,6H2,1-2H3/p+1. The van der Waals surface area contributed by atoms with Gasteiger partial charge < -0.3 is 9.47 Å². The number of benzene rings is 1. The highest BCUT2D eigenvalue weighted by Crippen LogP contribution is 2.30. The first-order chi connectivity index (χ1) is 7.60. The summed E-state index contributed by atoms with van der Waals surface area (Å²) in [5.41, 5.74) is 0.199. The second kappa shape index (κ2) is 5.58. The number of Topliss-reactive ketones (excluding diaryl/α,β-unsaturated/α-hetero) is 1. The zero-order valence-corrected chi connectivity index (χ0v) is 9.86. The van der Waals surface area contributed by atoms with E-state index < -0.39 is 20.0 Å². The fourth-order valence-electron chi connectivity index (χ4n) is 1.33. The minimum Gasteiger partial charge on any atom is -0.496 e. The summed E-state index contributed by atoms with van der Waals surface area (Å²) in [6.45, 7) is 0. The van der Waals surface area contributed by atoms with Crippen molar-refractivity contribution in [2.75, 3.05) is 20.4 Å². The van der Waals surface area contributed by atoms with Crippen molar-refractivity contribution in [1.82, 2.24) is 0 Å². The fourth-order valence-corrected chi connectivity index (χ4v) is 1.73. The molecule has 0 radical (unpaired) electrons. The Kier molecular flexibility index (Phi) is 4.40. The summed E-state index contributed by atoms with van der Waals surface area (Å²) in [6, 6.07) is 4.87. The molecule has 86 valence electrons. The Labute approximate surface area is 93.9 Å². The summed E-state index contributed by atoms with van der Waals surface area (Å²) < 4.78 is 20.7. The molecule has 1 aromatic rings. The van der Waals surface area contributed by atoms with E-state index in [-0.39, 0.29) is 5.56 Å². The van der Waals surface area contributed by atoms with E-state index in [0.717, 1.165) is 0 Å². The molecule has 0 aliphatic heterocycles. The first kappa shape index (κ1) is 12.6. The molecule has 6 heteroatoms. The van der Waals surface area contributed by atoms with Crippen molar-refractivity contribution in [3.8, 4) is 11.5 Å². The van der Waals surface area contributed by atoms with E-state index in [1.54, 1.807) is 18.2 Å². The molecule has 16 heavy (non-hydrogen) atoms. The molecule has 1 aromatic carbocycles. The third kappa shape index (κ3) is 2.78. The first-order valence-electron chi connectivity index (χ1n) is 4.48. The van der Waals surface area contributed by atoms with Gasteiger partial charge in [-0.1, -0.05) is 6.07 Å². The smallest absolute Gasteiger partial charge is 0.496 e. The van der Waals surface area contributed by atoms with Gasteiger partial charge >= 0.3 is 8.03 Å².